The number of nitrogens with zero attached hydrogens (tertiary/aromatic N) is 4. The number of hydrogen-bond acceptors (Lipinski definition) is 8. The van der Waals surface area contributed by atoms with E-state index in [0.717, 1.165) is 12.8 Å². The Labute approximate surface area is 181 Å². The van der Waals surface area contributed by atoms with Crippen LogP contribution in [0.3, 0.4) is 0 Å². The van der Waals surface area contributed by atoms with Crippen LogP contribution < -0.4 is 4.74 Å². The molecule has 31 heavy (non-hydrogen) atoms. The van der Waals surface area contributed by atoms with Gasteiger partial charge in [0.15, 0.2) is 0 Å². The van der Waals surface area contributed by atoms with E-state index < -0.39 is 21.7 Å². The number of rotatable bonds is 6. The summed E-state index contributed by atoms with van der Waals surface area (Å²) in [4.78, 5) is 20.6. The average molecular weight is 445 g/mol. The average Bonchev–Trinajstić information content (AvgIpc) is 3.52. The summed E-state index contributed by atoms with van der Waals surface area (Å²) in [5.74, 6) is 1.19. The summed E-state index contributed by atoms with van der Waals surface area (Å²) in [7, 11) is -2.75. The van der Waals surface area contributed by atoms with Crippen molar-refractivity contribution >= 4 is 16.1 Å². The van der Waals surface area contributed by atoms with Crippen LogP contribution in [0.25, 0.3) is 0 Å². The molecule has 1 fully saturated rings. The van der Waals surface area contributed by atoms with Gasteiger partial charge in [0.05, 0.1) is 5.75 Å². The van der Waals surface area contributed by atoms with Gasteiger partial charge >= 0.3 is 6.09 Å². The first-order chi connectivity index (χ1) is 14.5. The Balaban J connectivity index is 1.68. The SMILES string of the molecule is CN(C(=O)OC(C)(C)C)S(=O)(=O)Cc1ccc(Oc2cc(C#N)nc(C3CC3)n2)cc1. The fourth-order valence-corrected chi connectivity index (χ4v) is 3.67. The quantitative estimate of drug-likeness (QED) is 0.661. The lowest BCUT2D eigenvalue weighted by molar-refractivity contribution is 0.0420. The van der Waals surface area contributed by atoms with Gasteiger partial charge in [-0.05, 0) is 51.3 Å². The second-order valence-electron chi connectivity index (χ2n) is 8.29. The minimum atomic E-state index is -3.91. The third-order valence-corrected chi connectivity index (χ3v) is 6.02. The van der Waals surface area contributed by atoms with Gasteiger partial charge in [0.25, 0.3) is 0 Å². The third kappa shape index (κ3) is 6.15. The van der Waals surface area contributed by atoms with E-state index in [9.17, 15) is 13.2 Å². The van der Waals surface area contributed by atoms with Crippen molar-refractivity contribution in [3.05, 3.63) is 47.4 Å². The van der Waals surface area contributed by atoms with E-state index in [0.29, 0.717) is 21.4 Å². The van der Waals surface area contributed by atoms with Crippen molar-refractivity contribution in [2.45, 2.75) is 50.9 Å². The summed E-state index contributed by atoms with van der Waals surface area (Å²) in [6.07, 6.45) is 1.06. The van der Waals surface area contributed by atoms with Crippen molar-refractivity contribution in [3.8, 4) is 17.7 Å². The van der Waals surface area contributed by atoms with Crippen molar-refractivity contribution in [1.82, 2.24) is 14.3 Å². The molecular formula is C21H24N4O5S. The van der Waals surface area contributed by atoms with Crippen LogP contribution >= 0.6 is 0 Å². The lowest BCUT2D eigenvalue weighted by Gasteiger charge is -2.24. The molecule has 0 N–H and O–H groups in total. The summed E-state index contributed by atoms with van der Waals surface area (Å²) >= 11 is 0. The Kier molecular flexibility index (Phi) is 6.18. The topological polar surface area (TPSA) is 122 Å². The molecular weight excluding hydrogens is 420 g/mol. The molecule has 0 aliphatic heterocycles. The van der Waals surface area contributed by atoms with Crippen LogP contribution in [0.2, 0.25) is 0 Å². The molecule has 1 aliphatic carbocycles. The van der Waals surface area contributed by atoms with E-state index in [1.807, 2.05) is 6.07 Å². The molecule has 3 rings (SSSR count). The van der Waals surface area contributed by atoms with Crippen molar-refractivity contribution in [3.63, 3.8) is 0 Å². The van der Waals surface area contributed by atoms with Gasteiger partial charge in [-0.1, -0.05) is 12.1 Å². The van der Waals surface area contributed by atoms with E-state index in [-0.39, 0.29) is 23.2 Å². The molecule has 1 amide bonds. The van der Waals surface area contributed by atoms with Gasteiger partial charge in [-0.15, -0.1) is 0 Å². The number of hydrogen-bond donors (Lipinski definition) is 0. The highest BCUT2D eigenvalue weighted by Crippen LogP contribution is 2.38. The summed E-state index contributed by atoms with van der Waals surface area (Å²) in [6, 6.07) is 9.84. The summed E-state index contributed by atoms with van der Waals surface area (Å²) < 4.78 is 36.5. The molecule has 164 valence electrons. The smallest absolute Gasteiger partial charge is 0.423 e. The highest BCUT2D eigenvalue weighted by atomic mass is 32.2. The van der Waals surface area contributed by atoms with Crippen molar-refractivity contribution < 1.29 is 22.7 Å². The molecule has 0 bridgehead atoms. The summed E-state index contributed by atoms with van der Waals surface area (Å²) in [5.41, 5.74) is -0.0901. The van der Waals surface area contributed by atoms with Crippen LogP contribution in [-0.4, -0.2) is 41.4 Å². The number of benzene rings is 1. The molecule has 0 atom stereocenters. The van der Waals surface area contributed by atoms with Crippen LogP contribution in [0, 0.1) is 11.3 Å². The predicted octanol–water partition coefficient (Wildman–Crippen LogP) is 3.71. The lowest BCUT2D eigenvalue weighted by atomic mass is 10.2. The van der Waals surface area contributed by atoms with Gasteiger partial charge in [-0.25, -0.2) is 22.5 Å². The fraction of sp³-hybridized carbons (Fsp3) is 0.429. The molecule has 1 aromatic carbocycles. The number of aromatic nitrogens is 2. The van der Waals surface area contributed by atoms with Gasteiger partial charge in [-0.2, -0.15) is 10.2 Å². The Hall–Kier alpha value is -3.19. The Morgan fingerprint density at radius 2 is 1.87 bits per heavy atom. The summed E-state index contributed by atoms with van der Waals surface area (Å²) in [6.45, 7) is 4.98. The first-order valence-corrected chi connectivity index (χ1v) is 11.3. The third-order valence-electron chi connectivity index (χ3n) is 4.34. The number of carbonyl (C=O) groups is 1. The van der Waals surface area contributed by atoms with Gasteiger partial charge in [0.2, 0.25) is 15.9 Å². The second kappa shape index (κ2) is 8.51. The Morgan fingerprint density at radius 3 is 2.42 bits per heavy atom. The highest BCUT2D eigenvalue weighted by Gasteiger charge is 2.29. The van der Waals surface area contributed by atoms with Gasteiger partial charge < -0.3 is 9.47 Å². The fourth-order valence-electron chi connectivity index (χ4n) is 2.60. The normalized spacial score (nSPS) is 13.9. The molecule has 1 saturated carbocycles. The van der Waals surface area contributed by atoms with Crippen molar-refractivity contribution in [2.24, 2.45) is 0 Å². The zero-order valence-corrected chi connectivity index (χ0v) is 18.6. The zero-order valence-electron chi connectivity index (χ0n) is 17.8. The highest BCUT2D eigenvalue weighted by molar-refractivity contribution is 7.88. The van der Waals surface area contributed by atoms with E-state index >= 15 is 0 Å². The van der Waals surface area contributed by atoms with Gasteiger partial charge in [-0.3, -0.25) is 0 Å². The molecule has 1 heterocycles. The Bertz CT molecular complexity index is 1110. The molecule has 9 nitrogen and oxygen atoms in total. The number of nitriles is 1. The molecule has 1 aliphatic rings. The first kappa shape index (κ1) is 22.5. The van der Waals surface area contributed by atoms with Crippen molar-refractivity contribution in [1.29, 1.82) is 5.26 Å². The maximum Gasteiger partial charge on any atom is 0.423 e. The van der Waals surface area contributed by atoms with Crippen LogP contribution in [-0.2, 0) is 20.5 Å². The maximum absolute atomic E-state index is 12.5. The number of carbonyl (C=O) groups excluding carboxylic acids is 1. The van der Waals surface area contributed by atoms with Gasteiger partial charge in [0.1, 0.15) is 28.9 Å². The largest absolute Gasteiger partial charge is 0.443 e. The molecule has 10 heteroatoms. The monoisotopic (exact) mass is 444 g/mol. The van der Waals surface area contributed by atoms with Crippen LogP contribution in [0.1, 0.15) is 56.6 Å². The molecule has 0 spiro atoms. The van der Waals surface area contributed by atoms with Crippen LogP contribution in [0.5, 0.6) is 11.6 Å². The zero-order chi connectivity index (χ0) is 22.8. The molecule has 0 saturated heterocycles. The molecule has 0 radical (unpaired) electrons. The summed E-state index contributed by atoms with van der Waals surface area (Å²) in [5, 5.41) is 9.16. The number of ether oxygens (including phenoxy) is 2. The van der Waals surface area contributed by atoms with Crippen LogP contribution in [0.15, 0.2) is 30.3 Å². The lowest BCUT2D eigenvalue weighted by Crippen LogP contribution is -2.38. The van der Waals surface area contributed by atoms with E-state index in [2.05, 4.69) is 9.97 Å². The molecule has 1 aromatic heterocycles. The van der Waals surface area contributed by atoms with Crippen molar-refractivity contribution in [2.75, 3.05) is 7.05 Å². The number of amides is 1. The standard InChI is InChI=1S/C21H24N4O5S/c1-21(2,3)30-20(26)25(4)31(27,28)13-14-5-9-17(10-6-14)29-18-11-16(12-22)23-19(24-18)15-7-8-15/h5-6,9-11,15H,7-8,13H2,1-4H3. The number of sulfonamides is 1. The first-order valence-electron chi connectivity index (χ1n) is 9.72. The van der Waals surface area contributed by atoms with E-state index in [1.54, 1.807) is 45.0 Å². The van der Waals surface area contributed by atoms with Gasteiger partial charge in [0, 0.05) is 19.0 Å². The second-order valence-corrected chi connectivity index (χ2v) is 10.3. The molecule has 2 aromatic rings. The Morgan fingerprint density at radius 1 is 1.23 bits per heavy atom. The van der Waals surface area contributed by atoms with E-state index in [4.69, 9.17) is 14.7 Å². The van der Waals surface area contributed by atoms with Crippen LogP contribution in [0.4, 0.5) is 4.79 Å². The maximum atomic E-state index is 12.5. The molecule has 0 unspecified atom stereocenters. The predicted molar refractivity (Wildman–Crippen MR) is 112 cm³/mol. The minimum absolute atomic E-state index is 0.236. The van der Waals surface area contributed by atoms with E-state index in [1.165, 1.54) is 13.1 Å². The minimum Gasteiger partial charge on any atom is -0.443 e.